The highest BCUT2D eigenvalue weighted by Crippen LogP contribution is 2.43. The smallest absolute Gasteiger partial charge is 0.145 e. The molecule has 0 atom stereocenters. The average Bonchev–Trinajstić information content (AvgIpc) is 3.54. The van der Waals surface area contributed by atoms with E-state index in [1.54, 1.807) is 0 Å². The number of benzene rings is 6. The lowest BCUT2D eigenvalue weighted by Gasteiger charge is -2.08. The van der Waals surface area contributed by atoms with Crippen molar-refractivity contribution in [3.63, 3.8) is 0 Å². The van der Waals surface area contributed by atoms with Gasteiger partial charge in [-0.3, -0.25) is 0 Å². The number of hydrogen-bond acceptors (Lipinski definition) is 1. The Hall–Kier alpha value is -5.08. The third-order valence-corrected chi connectivity index (χ3v) is 7.60. The minimum absolute atomic E-state index is 0. The number of para-hydroxylation sites is 2. The summed E-state index contributed by atoms with van der Waals surface area (Å²) < 4.78 is 9.17. The summed E-state index contributed by atoms with van der Waals surface area (Å²) in [6, 6.07) is 49.4. The van der Waals surface area contributed by atoms with E-state index >= 15 is 0 Å². The molecule has 0 radical (unpaired) electrons. The van der Waals surface area contributed by atoms with Crippen LogP contribution in [0.1, 0.15) is 7.43 Å². The second-order valence-corrected chi connectivity index (χ2v) is 9.76. The monoisotopic (exact) mass is 501 g/mol. The molecule has 6 aromatic carbocycles. The Bertz CT molecular complexity index is 2100. The lowest BCUT2D eigenvalue weighted by atomic mass is 10.0. The molecule has 8 rings (SSSR count). The van der Waals surface area contributed by atoms with Gasteiger partial charge in [-0.05, 0) is 47.0 Å². The molecule has 39 heavy (non-hydrogen) atoms. The first kappa shape index (κ1) is 23.1. The summed E-state index contributed by atoms with van der Waals surface area (Å²) in [5.74, 6) is 0. The molecule has 8 aromatic rings. The van der Waals surface area contributed by atoms with Crippen molar-refractivity contribution in [1.29, 1.82) is 0 Å². The molecule has 0 spiro atoms. The van der Waals surface area contributed by atoms with E-state index in [1.165, 1.54) is 22.0 Å². The van der Waals surface area contributed by atoms with Gasteiger partial charge in [-0.15, -0.1) is 0 Å². The SMILES string of the molecule is C.c1ccc(-c2ccc3c4c5oc6c(-c7ccccc7)cccc6c5ccc4n(-c4ccccc4)c3c2)cc1. The maximum absolute atomic E-state index is 6.81. The highest BCUT2D eigenvalue weighted by atomic mass is 16.3. The van der Waals surface area contributed by atoms with E-state index in [2.05, 4.69) is 138 Å². The fraction of sp³-hybridized carbons (Fsp3) is 0.0270. The van der Waals surface area contributed by atoms with Gasteiger partial charge < -0.3 is 8.98 Å². The van der Waals surface area contributed by atoms with Crippen LogP contribution in [0, 0.1) is 0 Å². The summed E-state index contributed by atoms with van der Waals surface area (Å²) in [6.07, 6.45) is 0. The van der Waals surface area contributed by atoms with Crippen LogP contribution < -0.4 is 0 Å². The minimum Gasteiger partial charge on any atom is -0.455 e. The Morgan fingerprint density at radius 1 is 0.436 bits per heavy atom. The maximum Gasteiger partial charge on any atom is 0.145 e. The Balaban J connectivity index is 0.00000253. The first-order chi connectivity index (χ1) is 18.9. The molecular formula is C37H27NO. The van der Waals surface area contributed by atoms with Gasteiger partial charge in [0.1, 0.15) is 11.2 Å². The van der Waals surface area contributed by atoms with Crippen LogP contribution in [0.5, 0.6) is 0 Å². The fourth-order valence-electron chi connectivity index (χ4n) is 5.87. The third-order valence-electron chi connectivity index (χ3n) is 7.60. The van der Waals surface area contributed by atoms with Crippen molar-refractivity contribution in [2.45, 2.75) is 7.43 Å². The highest BCUT2D eigenvalue weighted by Gasteiger charge is 2.20. The molecule has 0 saturated heterocycles. The second-order valence-electron chi connectivity index (χ2n) is 9.76. The number of hydrogen-bond donors (Lipinski definition) is 0. The number of nitrogens with zero attached hydrogens (tertiary/aromatic N) is 1. The Morgan fingerprint density at radius 2 is 1.08 bits per heavy atom. The summed E-state index contributed by atoms with van der Waals surface area (Å²) in [5, 5.41) is 4.62. The Labute approximate surface area is 227 Å². The van der Waals surface area contributed by atoms with Gasteiger partial charge in [0.25, 0.3) is 0 Å². The van der Waals surface area contributed by atoms with Gasteiger partial charge in [-0.2, -0.15) is 0 Å². The van der Waals surface area contributed by atoms with Gasteiger partial charge in [-0.25, -0.2) is 0 Å². The molecule has 0 aliphatic rings. The van der Waals surface area contributed by atoms with E-state index in [0.29, 0.717) is 0 Å². The van der Waals surface area contributed by atoms with Gasteiger partial charge in [0.05, 0.1) is 16.4 Å². The van der Waals surface area contributed by atoms with Crippen molar-refractivity contribution < 1.29 is 4.42 Å². The molecule has 0 bridgehead atoms. The zero-order valence-corrected chi connectivity index (χ0v) is 20.6. The largest absolute Gasteiger partial charge is 0.455 e. The molecule has 0 amide bonds. The Kier molecular flexibility index (Phi) is 5.35. The van der Waals surface area contributed by atoms with Crippen molar-refractivity contribution in [3.05, 3.63) is 140 Å². The summed E-state index contributed by atoms with van der Waals surface area (Å²) in [5.41, 5.74) is 10.0. The van der Waals surface area contributed by atoms with Gasteiger partial charge in [0.15, 0.2) is 0 Å². The normalized spacial score (nSPS) is 11.4. The van der Waals surface area contributed by atoms with E-state index in [9.17, 15) is 0 Å². The van der Waals surface area contributed by atoms with Crippen LogP contribution in [-0.2, 0) is 0 Å². The van der Waals surface area contributed by atoms with Crippen molar-refractivity contribution in [2.75, 3.05) is 0 Å². The lowest BCUT2D eigenvalue weighted by Crippen LogP contribution is -1.93. The molecule has 0 aliphatic heterocycles. The molecule has 2 nitrogen and oxygen atoms in total. The molecule has 2 aromatic heterocycles. The average molecular weight is 502 g/mol. The van der Waals surface area contributed by atoms with Crippen LogP contribution in [0.2, 0.25) is 0 Å². The van der Waals surface area contributed by atoms with Crippen molar-refractivity contribution in [1.82, 2.24) is 4.57 Å². The molecule has 0 aliphatic carbocycles. The van der Waals surface area contributed by atoms with E-state index in [0.717, 1.165) is 49.7 Å². The van der Waals surface area contributed by atoms with Gasteiger partial charge in [-0.1, -0.05) is 117 Å². The molecule has 0 N–H and O–H groups in total. The second kappa shape index (κ2) is 9.04. The van der Waals surface area contributed by atoms with E-state index in [1.807, 2.05) is 6.07 Å². The topological polar surface area (TPSA) is 18.1 Å². The zero-order chi connectivity index (χ0) is 25.1. The molecule has 0 saturated carbocycles. The number of furan rings is 1. The van der Waals surface area contributed by atoms with Crippen molar-refractivity contribution >= 4 is 43.7 Å². The quantitative estimate of drug-likeness (QED) is 0.235. The third kappa shape index (κ3) is 3.49. The first-order valence-electron chi connectivity index (χ1n) is 13.0. The standard InChI is InChI=1S/C36H23NO.CH4/c1-4-11-24(12-5-1)26-19-20-31-33(23-26)37(27-15-8-3-9-16-27)32-22-21-30-29-18-10-17-28(25-13-6-2-7-14-25)35(29)38-36(30)34(31)32;/h1-23H;1H4. The van der Waals surface area contributed by atoms with Crippen LogP contribution in [0.25, 0.3) is 71.7 Å². The molecule has 186 valence electrons. The van der Waals surface area contributed by atoms with Crippen molar-refractivity contribution in [3.8, 4) is 27.9 Å². The lowest BCUT2D eigenvalue weighted by molar-refractivity contribution is 0.674. The number of rotatable bonds is 3. The molecule has 0 fully saturated rings. The summed E-state index contributed by atoms with van der Waals surface area (Å²) in [6.45, 7) is 0. The first-order valence-corrected chi connectivity index (χ1v) is 13.0. The van der Waals surface area contributed by atoms with Crippen LogP contribution in [0.4, 0.5) is 0 Å². The van der Waals surface area contributed by atoms with Crippen molar-refractivity contribution in [2.24, 2.45) is 0 Å². The predicted molar refractivity (Wildman–Crippen MR) is 166 cm³/mol. The van der Waals surface area contributed by atoms with E-state index in [4.69, 9.17) is 4.42 Å². The summed E-state index contributed by atoms with van der Waals surface area (Å²) in [4.78, 5) is 0. The van der Waals surface area contributed by atoms with Crippen LogP contribution in [0.3, 0.4) is 0 Å². The summed E-state index contributed by atoms with van der Waals surface area (Å²) >= 11 is 0. The fourth-order valence-corrected chi connectivity index (χ4v) is 5.87. The maximum atomic E-state index is 6.81. The van der Waals surface area contributed by atoms with E-state index < -0.39 is 0 Å². The minimum atomic E-state index is 0. The molecular weight excluding hydrogens is 474 g/mol. The number of aromatic nitrogens is 1. The molecule has 2 heterocycles. The predicted octanol–water partition coefficient (Wildman–Crippen LogP) is 10.7. The Morgan fingerprint density at radius 3 is 1.82 bits per heavy atom. The van der Waals surface area contributed by atoms with Gasteiger partial charge in [0, 0.05) is 27.4 Å². The van der Waals surface area contributed by atoms with Crippen LogP contribution >= 0.6 is 0 Å². The van der Waals surface area contributed by atoms with Gasteiger partial charge >= 0.3 is 0 Å². The molecule has 0 unspecified atom stereocenters. The summed E-state index contributed by atoms with van der Waals surface area (Å²) in [7, 11) is 0. The zero-order valence-electron chi connectivity index (χ0n) is 20.6. The van der Waals surface area contributed by atoms with Gasteiger partial charge in [0.2, 0.25) is 0 Å². The highest BCUT2D eigenvalue weighted by molar-refractivity contribution is 6.25. The van der Waals surface area contributed by atoms with Crippen LogP contribution in [-0.4, -0.2) is 4.57 Å². The van der Waals surface area contributed by atoms with E-state index in [-0.39, 0.29) is 7.43 Å². The van der Waals surface area contributed by atoms with Crippen LogP contribution in [0.15, 0.2) is 144 Å². The number of fused-ring (bicyclic) bond motifs is 7. The molecule has 2 heteroatoms.